The minimum absolute atomic E-state index is 0.0193. The Morgan fingerprint density at radius 2 is 2.20 bits per heavy atom. The predicted octanol–water partition coefficient (Wildman–Crippen LogP) is 1.10. The molecule has 0 saturated carbocycles. The fourth-order valence-electron chi connectivity index (χ4n) is 2.82. The smallest absolute Gasteiger partial charge is 0.262 e. The van der Waals surface area contributed by atoms with E-state index in [1.807, 2.05) is 18.4 Å². The van der Waals surface area contributed by atoms with Crippen LogP contribution in [0.1, 0.15) is 38.4 Å². The van der Waals surface area contributed by atoms with Gasteiger partial charge in [0.25, 0.3) is 10.0 Å². The molecule has 1 aliphatic rings. The zero-order valence-electron chi connectivity index (χ0n) is 12.2. The van der Waals surface area contributed by atoms with Crippen molar-refractivity contribution in [3.8, 4) is 0 Å². The van der Waals surface area contributed by atoms with Crippen LogP contribution in [-0.4, -0.2) is 41.4 Å². The molecule has 1 fully saturated rings. The van der Waals surface area contributed by atoms with E-state index in [4.69, 9.17) is 5.73 Å². The second kappa shape index (κ2) is 6.24. The number of nitrogens with two attached hydrogens (primary N) is 1. The van der Waals surface area contributed by atoms with Crippen LogP contribution in [0.3, 0.4) is 0 Å². The lowest BCUT2D eigenvalue weighted by Crippen LogP contribution is -2.44. The van der Waals surface area contributed by atoms with Crippen LogP contribution in [0.4, 0.5) is 0 Å². The molecule has 1 saturated heterocycles. The summed E-state index contributed by atoms with van der Waals surface area (Å²) in [5.41, 5.74) is 5.61. The van der Waals surface area contributed by atoms with Crippen LogP contribution in [0.5, 0.6) is 0 Å². The summed E-state index contributed by atoms with van der Waals surface area (Å²) in [7, 11) is -3.50. The standard InChI is InChI=1S/C13H24N4O2S/c1-3-16-10-13(15-11(16)2)20(18,19)17-9-5-4-6-12(17)7-8-14/h10,12H,3-9,14H2,1-2H3. The molecule has 20 heavy (non-hydrogen) atoms. The van der Waals surface area contributed by atoms with Gasteiger partial charge in [0.1, 0.15) is 5.82 Å². The Morgan fingerprint density at radius 3 is 2.80 bits per heavy atom. The maximum Gasteiger partial charge on any atom is 0.262 e. The first-order valence-corrected chi connectivity index (χ1v) is 8.70. The number of rotatable bonds is 5. The molecule has 1 aliphatic heterocycles. The van der Waals surface area contributed by atoms with Crippen molar-refractivity contribution in [1.29, 1.82) is 0 Å². The highest BCUT2D eigenvalue weighted by Crippen LogP contribution is 2.26. The van der Waals surface area contributed by atoms with Crippen molar-refractivity contribution in [2.75, 3.05) is 13.1 Å². The quantitative estimate of drug-likeness (QED) is 0.883. The highest BCUT2D eigenvalue weighted by molar-refractivity contribution is 7.89. The van der Waals surface area contributed by atoms with Crippen LogP contribution >= 0.6 is 0 Å². The zero-order chi connectivity index (χ0) is 14.8. The van der Waals surface area contributed by atoms with E-state index in [9.17, 15) is 8.42 Å². The summed E-state index contributed by atoms with van der Waals surface area (Å²) >= 11 is 0. The predicted molar refractivity (Wildman–Crippen MR) is 77.8 cm³/mol. The number of hydrogen-bond donors (Lipinski definition) is 1. The SMILES string of the molecule is CCn1cc(S(=O)(=O)N2CCCCC2CCN)nc1C. The number of aromatic nitrogens is 2. The largest absolute Gasteiger partial charge is 0.334 e. The van der Waals surface area contributed by atoms with Gasteiger partial charge < -0.3 is 10.3 Å². The summed E-state index contributed by atoms with van der Waals surface area (Å²) < 4.78 is 29.0. The molecule has 6 nitrogen and oxygen atoms in total. The summed E-state index contributed by atoms with van der Waals surface area (Å²) in [5, 5.41) is 0.167. The second-order valence-electron chi connectivity index (χ2n) is 5.26. The molecular formula is C13H24N4O2S. The summed E-state index contributed by atoms with van der Waals surface area (Å²) in [6.07, 6.45) is 5.22. The lowest BCUT2D eigenvalue weighted by Gasteiger charge is -2.33. The molecule has 2 N–H and O–H groups in total. The highest BCUT2D eigenvalue weighted by atomic mass is 32.2. The number of piperidine rings is 1. The molecule has 2 heterocycles. The van der Waals surface area contributed by atoms with E-state index < -0.39 is 10.0 Å². The number of aryl methyl sites for hydroxylation is 2. The van der Waals surface area contributed by atoms with E-state index in [0.717, 1.165) is 31.6 Å². The fraction of sp³-hybridized carbons (Fsp3) is 0.769. The van der Waals surface area contributed by atoms with Crippen molar-refractivity contribution in [2.45, 2.75) is 57.1 Å². The third kappa shape index (κ3) is 2.89. The van der Waals surface area contributed by atoms with Gasteiger partial charge in [-0.25, -0.2) is 13.4 Å². The first kappa shape index (κ1) is 15.5. The summed E-state index contributed by atoms with van der Waals surface area (Å²) in [6.45, 7) is 5.62. The molecule has 1 atom stereocenters. The topological polar surface area (TPSA) is 81.2 Å². The average molecular weight is 300 g/mol. The minimum atomic E-state index is -3.50. The monoisotopic (exact) mass is 300 g/mol. The number of sulfonamides is 1. The summed E-state index contributed by atoms with van der Waals surface area (Å²) in [5.74, 6) is 0.735. The van der Waals surface area contributed by atoms with Crippen molar-refractivity contribution in [3.05, 3.63) is 12.0 Å². The maximum absolute atomic E-state index is 12.8. The van der Waals surface area contributed by atoms with Gasteiger partial charge in [-0.15, -0.1) is 0 Å². The van der Waals surface area contributed by atoms with Crippen LogP contribution < -0.4 is 5.73 Å². The van der Waals surface area contributed by atoms with Crippen molar-refractivity contribution in [2.24, 2.45) is 5.73 Å². The van der Waals surface area contributed by atoms with E-state index in [1.54, 1.807) is 10.5 Å². The average Bonchev–Trinajstić information content (AvgIpc) is 2.81. The molecule has 0 amide bonds. The Morgan fingerprint density at radius 1 is 1.45 bits per heavy atom. The van der Waals surface area contributed by atoms with E-state index in [1.165, 1.54) is 0 Å². The van der Waals surface area contributed by atoms with Crippen LogP contribution in [0, 0.1) is 6.92 Å². The van der Waals surface area contributed by atoms with Gasteiger partial charge in [0, 0.05) is 25.3 Å². The van der Waals surface area contributed by atoms with Crippen molar-refractivity contribution in [3.63, 3.8) is 0 Å². The fourth-order valence-corrected chi connectivity index (χ4v) is 4.54. The number of imidazole rings is 1. The molecule has 1 aromatic heterocycles. The Balaban J connectivity index is 2.31. The van der Waals surface area contributed by atoms with Crippen molar-refractivity contribution < 1.29 is 8.42 Å². The zero-order valence-corrected chi connectivity index (χ0v) is 13.1. The Hall–Kier alpha value is -0.920. The van der Waals surface area contributed by atoms with Crippen molar-refractivity contribution in [1.82, 2.24) is 13.9 Å². The van der Waals surface area contributed by atoms with Crippen molar-refractivity contribution >= 4 is 10.0 Å². The van der Waals surface area contributed by atoms with Crippen LogP contribution in [0.15, 0.2) is 11.2 Å². The lowest BCUT2D eigenvalue weighted by molar-refractivity contribution is 0.242. The van der Waals surface area contributed by atoms with Gasteiger partial charge in [0.15, 0.2) is 5.03 Å². The molecule has 1 aromatic rings. The van der Waals surface area contributed by atoms with Gasteiger partial charge in [0.2, 0.25) is 0 Å². The molecule has 0 aromatic carbocycles. The molecule has 7 heteroatoms. The van der Waals surface area contributed by atoms with Gasteiger partial charge in [-0.1, -0.05) is 6.42 Å². The van der Waals surface area contributed by atoms with Crippen LogP contribution in [0.25, 0.3) is 0 Å². The van der Waals surface area contributed by atoms with Gasteiger partial charge in [-0.05, 0) is 39.7 Å². The molecule has 114 valence electrons. The first-order valence-electron chi connectivity index (χ1n) is 7.26. The number of nitrogens with zero attached hydrogens (tertiary/aromatic N) is 3. The van der Waals surface area contributed by atoms with E-state index in [0.29, 0.717) is 19.5 Å². The highest BCUT2D eigenvalue weighted by Gasteiger charge is 2.34. The first-order chi connectivity index (χ1) is 9.50. The van der Waals surface area contributed by atoms with E-state index in [-0.39, 0.29) is 11.1 Å². The lowest BCUT2D eigenvalue weighted by atomic mass is 10.0. The summed E-state index contributed by atoms with van der Waals surface area (Å²) in [6, 6.07) is 0.0193. The van der Waals surface area contributed by atoms with Gasteiger partial charge in [0.05, 0.1) is 0 Å². The Bertz CT molecular complexity index is 551. The minimum Gasteiger partial charge on any atom is -0.334 e. The maximum atomic E-state index is 12.8. The molecule has 0 bridgehead atoms. The normalized spacial score (nSPS) is 21.2. The van der Waals surface area contributed by atoms with Crippen LogP contribution in [-0.2, 0) is 16.6 Å². The van der Waals surface area contributed by atoms with Gasteiger partial charge in [-0.2, -0.15) is 4.31 Å². The van der Waals surface area contributed by atoms with E-state index in [2.05, 4.69) is 4.98 Å². The number of hydrogen-bond acceptors (Lipinski definition) is 4. The molecule has 1 unspecified atom stereocenters. The second-order valence-corrected chi connectivity index (χ2v) is 7.09. The van der Waals surface area contributed by atoms with Gasteiger partial charge >= 0.3 is 0 Å². The Kier molecular flexibility index (Phi) is 4.82. The third-order valence-electron chi connectivity index (χ3n) is 3.94. The van der Waals surface area contributed by atoms with E-state index >= 15 is 0 Å². The van der Waals surface area contributed by atoms with Gasteiger partial charge in [-0.3, -0.25) is 0 Å². The molecule has 0 aliphatic carbocycles. The third-order valence-corrected chi connectivity index (χ3v) is 5.76. The molecule has 0 spiro atoms. The summed E-state index contributed by atoms with van der Waals surface area (Å²) in [4.78, 5) is 4.22. The Labute approximate surface area is 121 Å². The molecule has 0 radical (unpaired) electrons. The molecule has 2 rings (SSSR count). The van der Waals surface area contributed by atoms with Crippen LogP contribution in [0.2, 0.25) is 0 Å². The molecular weight excluding hydrogens is 276 g/mol.